The number of carbonyl (C=O) groups excluding carboxylic acids is 1. The van der Waals surface area contributed by atoms with E-state index in [1.165, 1.54) is 31.0 Å². The summed E-state index contributed by atoms with van der Waals surface area (Å²) in [5.41, 5.74) is 0.572. The molecule has 0 fully saturated rings. The van der Waals surface area contributed by atoms with Gasteiger partial charge in [0.1, 0.15) is 6.07 Å². The normalized spacial score (nSPS) is 11.3. The van der Waals surface area contributed by atoms with E-state index >= 15 is 0 Å². The van der Waals surface area contributed by atoms with Crippen LogP contribution in [0, 0.1) is 17.2 Å². The van der Waals surface area contributed by atoms with Gasteiger partial charge in [0.05, 0.1) is 17.2 Å². The summed E-state index contributed by atoms with van der Waals surface area (Å²) in [4.78, 5) is 23.9. The molecule has 1 rings (SSSR count). The van der Waals surface area contributed by atoms with Gasteiger partial charge in [-0.25, -0.2) is 4.79 Å². The van der Waals surface area contributed by atoms with Crippen molar-refractivity contribution in [2.45, 2.75) is 6.92 Å². The number of carboxylic acids is 1. The zero-order chi connectivity index (χ0) is 15.3. The number of amides is 2. The zero-order valence-electron chi connectivity index (χ0n) is 11.1. The van der Waals surface area contributed by atoms with Crippen molar-refractivity contribution in [3.8, 4) is 6.07 Å². The minimum atomic E-state index is -0.981. The lowest BCUT2D eigenvalue weighted by Gasteiger charge is -2.20. The summed E-state index contributed by atoms with van der Waals surface area (Å²) in [5.74, 6) is -1.66. The molecule has 20 heavy (non-hydrogen) atoms. The van der Waals surface area contributed by atoms with E-state index in [1.54, 1.807) is 6.07 Å². The topological polar surface area (TPSA) is 93.4 Å². The number of nitrogens with zero attached hydrogens (tertiary/aromatic N) is 2. The fourth-order valence-corrected chi connectivity index (χ4v) is 1.67. The highest BCUT2D eigenvalue weighted by Crippen LogP contribution is 2.20. The lowest BCUT2D eigenvalue weighted by atomic mass is 10.2. The summed E-state index contributed by atoms with van der Waals surface area (Å²) in [6.45, 7) is 1.57. The van der Waals surface area contributed by atoms with Gasteiger partial charge in [0.25, 0.3) is 0 Å². The number of benzene rings is 1. The first-order chi connectivity index (χ1) is 9.35. The van der Waals surface area contributed by atoms with Crippen molar-refractivity contribution in [3.63, 3.8) is 0 Å². The third-order valence-electron chi connectivity index (χ3n) is 2.66. The van der Waals surface area contributed by atoms with Gasteiger partial charge < -0.3 is 15.3 Å². The highest BCUT2D eigenvalue weighted by molar-refractivity contribution is 6.31. The predicted octanol–water partition coefficient (Wildman–Crippen LogP) is 2.40. The minimum absolute atomic E-state index is 0.0591. The SMILES string of the molecule is CC(CN(C)C(=O)Nc1cc(Cl)ccc1C#N)C(=O)O. The number of rotatable bonds is 4. The van der Waals surface area contributed by atoms with Gasteiger partial charge in [-0.3, -0.25) is 4.79 Å². The number of hydrogen-bond acceptors (Lipinski definition) is 3. The maximum Gasteiger partial charge on any atom is 0.321 e. The number of carbonyl (C=O) groups is 2. The smallest absolute Gasteiger partial charge is 0.321 e. The Bertz CT molecular complexity index is 568. The molecule has 6 nitrogen and oxygen atoms in total. The van der Waals surface area contributed by atoms with Crippen LogP contribution in [0.15, 0.2) is 18.2 Å². The van der Waals surface area contributed by atoms with Gasteiger partial charge in [-0.05, 0) is 18.2 Å². The third-order valence-corrected chi connectivity index (χ3v) is 2.89. The molecule has 2 amide bonds. The van der Waals surface area contributed by atoms with Crippen LogP contribution >= 0.6 is 11.6 Å². The average molecular weight is 296 g/mol. The van der Waals surface area contributed by atoms with Crippen molar-refractivity contribution in [2.24, 2.45) is 5.92 Å². The van der Waals surface area contributed by atoms with Crippen molar-refractivity contribution in [1.82, 2.24) is 4.90 Å². The molecule has 0 radical (unpaired) electrons. The van der Waals surface area contributed by atoms with Crippen LogP contribution < -0.4 is 5.32 Å². The molecule has 1 aromatic carbocycles. The molecular formula is C13H14ClN3O3. The Morgan fingerprint density at radius 1 is 1.55 bits per heavy atom. The maximum absolute atomic E-state index is 11.9. The molecule has 0 aliphatic carbocycles. The van der Waals surface area contributed by atoms with Gasteiger partial charge in [-0.15, -0.1) is 0 Å². The Morgan fingerprint density at radius 2 is 2.20 bits per heavy atom. The summed E-state index contributed by atoms with van der Waals surface area (Å²) in [5, 5.41) is 20.7. The van der Waals surface area contributed by atoms with E-state index in [4.69, 9.17) is 22.0 Å². The average Bonchev–Trinajstić information content (AvgIpc) is 2.38. The second kappa shape index (κ2) is 6.78. The first-order valence-electron chi connectivity index (χ1n) is 5.79. The number of urea groups is 1. The molecule has 1 unspecified atom stereocenters. The monoisotopic (exact) mass is 295 g/mol. The van der Waals surface area contributed by atoms with Gasteiger partial charge >= 0.3 is 12.0 Å². The lowest BCUT2D eigenvalue weighted by Crippen LogP contribution is -2.36. The molecule has 7 heteroatoms. The first kappa shape index (κ1) is 15.8. The van der Waals surface area contributed by atoms with Gasteiger partial charge in [0, 0.05) is 18.6 Å². The summed E-state index contributed by atoms with van der Waals surface area (Å²) in [7, 11) is 1.48. The number of hydrogen-bond donors (Lipinski definition) is 2. The number of anilines is 1. The van der Waals surface area contributed by atoms with Crippen LogP contribution in [-0.2, 0) is 4.79 Å². The molecule has 1 aromatic rings. The van der Waals surface area contributed by atoms with E-state index in [2.05, 4.69) is 5.32 Å². The minimum Gasteiger partial charge on any atom is -0.481 e. The second-order valence-corrected chi connectivity index (χ2v) is 4.79. The van der Waals surface area contributed by atoms with Crippen LogP contribution in [0.3, 0.4) is 0 Å². The van der Waals surface area contributed by atoms with Gasteiger partial charge in [0.2, 0.25) is 0 Å². The van der Waals surface area contributed by atoms with Gasteiger partial charge in [-0.1, -0.05) is 18.5 Å². The van der Waals surface area contributed by atoms with Gasteiger partial charge in [0.15, 0.2) is 0 Å². The molecule has 0 aliphatic heterocycles. The molecule has 0 bridgehead atoms. The number of halogens is 1. The highest BCUT2D eigenvalue weighted by Gasteiger charge is 2.18. The van der Waals surface area contributed by atoms with E-state index < -0.39 is 17.9 Å². The van der Waals surface area contributed by atoms with E-state index in [-0.39, 0.29) is 12.1 Å². The third kappa shape index (κ3) is 4.14. The van der Waals surface area contributed by atoms with Crippen LogP contribution in [-0.4, -0.2) is 35.6 Å². The number of aliphatic carboxylic acids is 1. The lowest BCUT2D eigenvalue weighted by molar-refractivity contribution is -0.141. The molecule has 0 aromatic heterocycles. The molecule has 0 saturated carbocycles. The number of nitrogens with one attached hydrogen (secondary N) is 1. The van der Waals surface area contributed by atoms with Crippen molar-refractivity contribution >= 4 is 29.3 Å². The Balaban J connectivity index is 2.78. The Labute approximate surface area is 121 Å². The molecule has 0 spiro atoms. The molecule has 1 atom stereocenters. The Hall–Kier alpha value is -2.26. The fraction of sp³-hybridized carbons (Fsp3) is 0.308. The molecule has 0 heterocycles. The van der Waals surface area contributed by atoms with Crippen molar-refractivity contribution in [3.05, 3.63) is 28.8 Å². The summed E-state index contributed by atoms with van der Waals surface area (Å²) in [6.07, 6.45) is 0. The van der Waals surface area contributed by atoms with Crippen LogP contribution in [0.1, 0.15) is 12.5 Å². The summed E-state index contributed by atoms with van der Waals surface area (Å²) in [6, 6.07) is 5.95. The zero-order valence-corrected chi connectivity index (χ0v) is 11.8. The van der Waals surface area contributed by atoms with Crippen molar-refractivity contribution in [1.29, 1.82) is 5.26 Å². The second-order valence-electron chi connectivity index (χ2n) is 4.35. The standard InChI is InChI=1S/C13H14ClN3O3/c1-8(12(18)19)7-17(2)13(20)16-11-5-10(14)4-3-9(11)6-15/h3-5,8H,7H2,1-2H3,(H,16,20)(H,18,19). The van der Waals surface area contributed by atoms with Gasteiger partial charge in [-0.2, -0.15) is 5.26 Å². The largest absolute Gasteiger partial charge is 0.481 e. The van der Waals surface area contributed by atoms with E-state index in [9.17, 15) is 9.59 Å². The number of nitriles is 1. The van der Waals surface area contributed by atoms with Crippen LogP contribution in [0.5, 0.6) is 0 Å². The van der Waals surface area contributed by atoms with E-state index in [0.29, 0.717) is 10.7 Å². The first-order valence-corrected chi connectivity index (χ1v) is 6.17. The van der Waals surface area contributed by atoms with E-state index in [1.807, 2.05) is 6.07 Å². The maximum atomic E-state index is 11.9. The molecule has 2 N–H and O–H groups in total. The van der Waals surface area contributed by atoms with Crippen LogP contribution in [0.2, 0.25) is 5.02 Å². The molecule has 0 aliphatic rings. The van der Waals surface area contributed by atoms with E-state index in [0.717, 1.165) is 0 Å². The fourth-order valence-electron chi connectivity index (χ4n) is 1.50. The molecule has 106 valence electrons. The van der Waals surface area contributed by atoms with Crippen molar-refractivity contribution in [2.75, 3.05) is 18.9 Å². The summed E-state index contributed by atoms with van der Waals surface area (Å²) < 4.78 is 0. The Kier molecular flexibility index (Phi) is 5.35. The predicted molar refractivity (Wildman–Crippen MR) is 74.6 cm³/mol. The molecular weight excluding hydrogens is 282 g/mol. The Morgan fingerprint density at radius 3 is 2.75 bits per heavy atom. The highest BCUT2D eigenvalue weighted by atomic mass is 35.5. The summed E-state index contributed by atoms with van der Waals surface area (Å²) >= 11 is 5.81. The number of carboxylic acid groups (broad SMARTS) is 1. The van der Waals surface area contributed by atoms with Crippen LogP contribution in [0.4, 0.5) is 10.5 Å². The molecule has 0 saturated heterocycles. The van der Waals surface area contributed by atoms with Crippen LogP contribution in [0.25, 0.3) is 0 Å². The van der Waals surface area contributed by atoms with Crippen molar-refractivity contribution < 1.29 is 14.7 Å². The quantitative estimate of drug-likeness (QED) is 0.892.